The van der Waals surface area contributed by atoms with Gasteiger partial charge < -0.3 is 15.0 Å². The van der Waals surface area contributed by atoms with Gasteiger partial charge in [-0.1, -0.05) is 13.3 Å². The van der Waals surface area contributed by atoms with Gasteiger partial charge in [0.05, 0.1) is 28.8 Å². The monoisotopic (exact) mass is 376 g/mol. The first-order valence-corrected chi connectivity index (χ1v) is 10.2. The number of nitrogens with one attached hydrogen (secondary N) is 2. The van der Waals surface area contributed by atoms with Gasteiger partial charge in [-0.15, -0.1) is 11.3 Å². The van der Waals surface area contributed by atoms with Crippen LogP contribution in [-0.2, 0) is 11.2 Å². The maximum Gasteiger partial charge on any atom is 0.261 e. The Kier molecular flexibility index (Phi) is 6.32. The Morgan fingerprint density at radius 3 is 2.81 bits per heavy atom. The van der Waals surface area contributed by atoms with Gasteiger partial charge in [0, 0.05) is 37.3 Å². The summed E-state index contributed by atoms with van der Waals surface area (Å²) in [6, 6.07) is 2.06. The van der Waals surface area contributed by atoms with Crippen LogP contribution >= 0.6 is 11.3 Å². The molecule has 0 saturated carbocycles. The lowest BCUT2D eigenvalue weighted by Crippen LogP contribution is -2.36. The van der Waals surface area contributed by atoms with Crippen molar-refractivity contribution in [3.63, 3.8) is 0 Å². The lowest BCUT2D eigenvalue weighted by molar-refractivity contribution is 0.0957. The minimum absolute atomic E-state index is 0.0323. The van der Waals surface area contributed by atoms with Crippen molar-refractivity contribution in [2.24, 2.45) is 0 Å². The summed E-state index contributed by atoms with van der Waals surface area (Å²) in [7, 11) is 0. The predicted octanol–water partition coefficient (Wildman–Crippen LogP) is 3.05. The third kappa shape index (κ3) is 4.27. The maximum absolute atomic E-state index is 12.5. The normalized spacial score (nSPS) is 14.7. The van der Waals surface area contributed by atoms with Gasteiger partial charge >= 0.3 is 0 Å². The van der Waals surface area contributed by atoms with Gasteiger partial charge in [0.15, 0.2) is 0 Å². The summed E-state index contributed by atoms with van der Waals surface area (Å²) >= 11 is 1.59. The standard InChI is InChI=1S/C19H28N4O2S/c1-4-5-6-20-18(24)17-12-15(11-16-13(2)21-22-14(16)3)19(26-17)23-7-9-25-10-8-23/h12H,4-11H2,1-3H3,(H,20,24)(H,21,22). The number of rotatable bonds is 7. The summed E-state index contributed by atoms with van der Waals surface area (Å²) in [5.41, 5.74) is 4.53. The van der Waals surface area contributed by atoms with Gasteiger partial charge in [0.1, 0.15) is 0 Å². The Bertz CT molecular complexity index is 727. The minimum atomic E-state index is 0.0323. The molecule has 0 aromatic carbocycles. The highest BCUT2D eigenvalue weighted by Gasteiger charge is 2.22. The zero-order chi connectivity index (χ0) is 18.5. The predicted molar refractivity (Wildman–Crippen MR) is 105 cm³/mol. The fourth-order valence-electron chi connectivity index (χ4n) is 3.18. The number of aromatic nitrogens is 2. The molecule has 1 aliphatic heterocycles. The molecule has 1 aliphatic rings. The van der Waals surface area contributed by atoms with E-state index in [1.165, 1.54) is 16.1 Å². The van der Waals surface area contributed by atoms with E-state index in [-0.39, 0.29) is 5.91 Å². The molecule has 0 atom stereocenters. The van der Waals surface area contributed by atoms with Crippen LogP contribution in [0, 0.1) is 13.8 Å². The number of nitrogens with zero attached hydrogens (tertiary/aromatic N) is 2. The summed E-state index contributed by atoms with van der Waals surface area (Å²) in [6.07, 6.45) is 2.88. The van der Waals surface area contributed by atoms with E-state index >= 15 is 0 Å². The molecule has 0 aliphatic carbocycles. The number of amides is 1. The van der Waals surface area contributed by atoms with Crippen molar-refractivity contribution in [2.75, 3.05) is 37.7 Å². The van der Waals surface area contributed by atoms with Crippen LogP contribution in [0.4, 0.5) is 5.00 Å². The highest BCUT2D eigenvalue weighted by molar-refractivity contribution is 7.18. The van der Waals surface area contributed by atoms with Crippen LogP contribution in [0.1, 0.15) is 52.0 Å². The van der Waals surface area contributed by atoms with E-state index in [1.807, 2.05) is 6.92 Å². The Morgan fingerprint density at radius 2 is 2.15 bits per heavy atom. The Hall–Kier alpha value is -1.86. The van der Waals surface area contributed by atoms with Gasteiger partial charge in [-0.25, -0.2) is 0 Å². The first kappa shape index (κ1) is 18.9. The molecule has 0 bridgehead atoms. The van der Waals surface area contributed by atoms with Crippen molar-refractivity contribution < 1.29 is 9.53 Å². The van der Waals surface area contributed by atoms with Gasteiger partial charge in [0.2, 0.25) is 0 Å². The van der Waals surface area contributed by atoms with Crippen molar-refractivity contribution in [3.05, 3.63) is 33.5 Å². The number of H-pyrrole nitrogens is 1. The number of morpholine rings is 1. The second-order valence-corrected chi connectivity index (χ2v) is 7.77. The first-order valence-electron chi connectivity index (χ1n) is 9.34. The van der Waals surface area contributed by atoms with E-state index in [1.54, 1.807) is 11.3 Å². The topological polar surface area (TPSA) is 70.2 Å². The molecule has 0 unspecified atom stereocenters. The third-order valence-corrected chi connectivity index (χ3v) is 6.01. The van der Waals surface area contributed by atoms with Crippen molar-refractivity contribution in [3.8, 4) is 0 Å². The fraction of sp³-hybridized carbons (Fsp3) is 0.579. The Labute approximate surface area is 158 Å². The molecule has 3 rings (SSSR count). The summed E-state index contributed by atoms with van der Waals surface area (Å²) < 4.78 is 5.49. The summed E-state index contributed by atoms with van der Waals surface area (Å²) in [6.45, 7) is 10.1. The quantitative estimate of drug-likeness (QED) is 0.729. The molecule has 1 fully saturated rings. The average molecular weight is 377 g/mol. The molecule has 2 aromatic rings. The second-order valence-electron chi connectivity index (χ2n) is 6.74. The zero-order valence-electron chi connectivity index (χ0n) is 15.9. The van der Waals surface area contributed by atoms with Crippen LogP contribution in [0.25, 0.3) is 0 Å². The molecule has 0 spiro atoms. The molecule has 2 aromatic heterocycles. The molecule has 1 saturated heterocycles. The number of carbonyl (C=O) groups excluding carboxylic acids is 1. The van der Waals surface area contributed by atoms with E-state index in [4.69, 9.17) is 4.74 Å². The van der Waals surface area contributed by atoms with Crippen LogP contribution in [0.15, 0.2) is 6.07 Å². The Balaban J connectivity index is 1.86. The molecule has 7 heteroatoms. The van der Waals surface area contributed by atoms with Crippen LogP contribution in [-0.4, -0.2) is 49.0 Å². The number of hydrogen-bond donors (Lipinski definition) is 2. The van der Waals surface area contributed by atoms with E-state index in [0.717, 1.165) is 68.4 Å². The summed E-state index contributed by atoms with van der Waals surface area (Å²) in [5, 5.41) is 11.6. The number of ether oxygens (including phenoxy) is 1. The van der Waals surface area contributed by atoms with Crippen LogP contribution in [0.5, 0.6) is 0 Å². The highest BCUT2D eigenvalue weighted by atomic mass is 32.1. The SMILES string of the molecule is CCCCNC(=O)c1cc(Cc2c(C)n[nH]c2C)c(N2CCOCC2)s1. The zero-order valence-corrected chi connectivity index (χ0v) is 16.7. The van der Waals surface area contributed by atoms with Crippen molar-refractivity contribution in [2.45, 2.75) is 40.0 Å². The number of aromatic amines is 1. The molecule has 6 nitrogen and oxygen atoms in total. The van der Waals surface area contributed by atoms with Crippen molar-refractivity contribution in [1.82, 2.24) is 15.5 Å². The van der Waals surface area contributed by atoms with Gasteiger partial charge in [-0.3, -0.25) is 9.89 Å². The summed E-state index contributed by atoms with van der Waals surface area (Å²) in [5.74, 6) is 0.0323. The third-order valence-electron chi connectivity index (χ3n) is 4.77. The van der Waals surface area contributed by atoms with Crippen molar-refractivity contribution >= 4 is 22.2 Å². The summed E-state index contributed by atoms with van der Waals surface area (Å²) in [4.78, 5) is 15.7. The van der Waals surface area contributed by atoms with E-state index < -0.39 is 0 Å². The largest absolute Gasteiger partial charge is 0.378 e. The fourth-order valence-corrected chi connectivity index (χ4v) is 4.33. The Morgan fingerprint density at radius 1 is 1.38 bits per heavy atom. The van der Waals surface area contributed by atoms with Gasteiger partial charge in [-0.2, -0.15) is 5.10 Å². The van der Waals surface area contributed by atoms with E-state index in [2.05, 4.69) is 40.3 Å². The number of anilines is 1. The number of thiophene rings is 1. The number of unbranched alkanes of at least 4 members (excludes halogenated alkanes) is 1. The maximum atomic E-state index is 12.5. The van der Waals surface area contributed by atoms with Crippen molar-refractivity contribution in [1.29, 1.82) is 0 Å². The number of hydrogen-bond acceptors (Lipinski definition) is 5. The van der Waals surface area contributed by atoms with Crippen LogP contribution in [0.3, 0.4) is 0 Å². The molecule has 2 N–H and O–H groups in total. The van der Waals surface area contributed by atoms with Crippen LogP contribution < -0.4 is 10.2 Å². The second kappa shape index (κ2) is 8.68. The number of aryl methyl sites for hydroxylation is 2. The van der Waals surface area contributed by atoms with Gasteiger partial charge in [0.25, 0.3) is 5.91 Å². The number of carbonyl (C=O) groups is 1. The van der Waals surface area contributed by atoms with E-state index in [9.17, 15) is 4.79 Å². The molecule has 142 valence electrons. The minimum Gasteiger partial charge on any atom is -0.378 e. The molecular formula is C19H28N4O2S. The lowest BCUT2D eigenvalue weighted by Gasteiger charge is -2.28. The average Bonchev–Trinajstić information content (AvgIpc) is 3.21. The molecule has 1 amide bonds. The van der Waals surface area contributed by atoms with Gasteiger partial charge in [-0.05, 0) is 31.9 Å². The van der Waals surface area contributed by atoms with E-state index in [0.29, 0.717) is 0 Å². The molecule has 26 heavy (non-hydrogen) atoms. The molecule has 0 radical (unpaired) electrons. The lowest BCUT2D eigenvalue weighted by atomic mass is 10.0. The first-order chi connectivity index (χ1) is 12.6. The molecular weight excluding hydrogens is 348 g/mol. The highest BCUT2D eigenvalue weighted by Crippen LogP contribution is 2.34. The van der Waals surface area contributed by atoms with Crippen LogP contribution in [0.2, 0.25) is 0 Å². The smallest absolute Gasteiger partial charge is 0.261 e. The molecule has 3 heterocycles.